The SMILES string of the molecule is Cc1cc(=O)oc(C)c1C(=O)OCC(=O)Nc1cc(C(F)(F)F)ccc1-n1cncn1. The minimum absolute atomic E-state index is 0.0155. The van der Waals surface area contributed by atoms with Crippen LogP contribution < -0.4 is 10.9 Å². The van der Waals surface area contributed by atoms with Crippen molar-refractivity contribution in [1.29, 1.82) is 0 Å². The highest BCUT2D eigenvalue weighted by Gasteiger charge is 2.31. The minimum Gasteiger partial charge on any atom is -0.452 e. The number of halogens is 3. The highest BCUT2D eigenvalue weighted by atomic mass is 19.4. The lowest BCUT2D eigenvalue weighted by molar-refractivity contribution is -0.137. The van der Waals surface area contributed by atoms with E-state index < -0.39 is 35.8 Å². The predicted octanol–water partition coefficient (Wildman–Crippen LogP) is 2.65. The number of hydrogen-bond acceptors (Lipinski definition) is 7. The zero-order valence-electron chi connectivity index (χ0n) is 16.2. The Morgan fingerprint density at radius 2 is 1.97 bits per heavy atom. The molecule has 0 fully saturated rings. The Bertz CT molecular complexity index is 1160. The molecule has 31 heavy (non-hydrogen) atoms. The molecule has 0 atom stereocenters. The highest BCUT2D eigenvalue weighted by molar-refractivity contribution is 5.97. The van der Waals surface area contributed by atoms with Gasteiger partial charge in [0, 0.05) is 6.07 Å². The van der Waals surface area contributed by atoms with Crippen LogP contribution in [0.3, 0.4) is 0 Å². The Balaban J connectivity index is 1.78. The van der Waals surface area contributed by atoms with Crippen LogP contribution in [0, 0.1) is 13.8 Å². The first kappa shape index (κ1) is 21.7. The van der Waals surface area contributed by atoms with Crippen LogP contribution in [-0.2, 0) is 15.7 Å². The predicted molar refractivity (Wildman–Crippen MR) is 99.7 cm³/mol. The summed E-state index contributed by atoms with van der Waals surface area (Å²) < 4.78 is 50.2. The molecule has 0 bridgehead atoms. The third-order valence-corrected chi connectivity index (χ3v) is 4.14. The Kier molecular flexibility index (Phi) is 5.90. The average Bonchev–Trinajstić information content (AvgIpc) is 3.19. The van der Waals surface area contributed by atoms with Gasteiger partial charge in [-0.25, -0.2) is 19.3 Å². The second-order valence-electron chi connectivity index (χ2n) is 6.37. The van der Waals surface area contributed by atoms with Gasteiger partial charge in [-0.3, -0.25) is 4.79 Å². The lowest BCUT2D eigenvalue weighted by atomic mass is 10.1. The molecule has 3 rings (SSSR count). The highest BCUT2D eigenvalue weighted by Crippen LogP contribution is 2.33. The summed E-state index contributed by atoms with van der Waals surface area (Å²) in [6, 6.07) is 3.78. The molecule has 12 heteroatoms. The van der Waals surface area contributed by atoms with Crippen molar-refractivity contribution in [2.75, 3.05) is 11.9 Å². The number of amides is 1. The van der Waals surface area contributed by atoms with Gasteiger partial charge in [-0.1, -0.05) is 0 Å². The number of esters is 1. The van der Waals surface area contributed by atoms with Crippen molar-refractivity contribution >= 4 is 17.6 Å². The van der Waals surface area contributed by atoms with Gasteiger partial charge in [0.25, 0.3) is 5.91 Å². The molecule has 0 radical (unpaired) electrons. The van der Waals surface area contributed by atoms with Crippen molar-refractivity contribution in [2.24, 2.45) is 0 Å². The largest absolute Gasteiger partial charge is 0.452 e. The quantitative estimate of drug-likeness (QED) is 0.611. The van der Waals surface area contributed by atoms with E-state index in [-0.39, 0.29) is 22.7 Å². The van der Waals surface area contributed by atoms with E-state index in [1.807, 2.05) is 0 Å². The Hall–Kier alpha value is -3.96. The fourth-order valence-corrected chi connectivity index (χ4v) is 2.80. The van der Waals surface area contributed by atoms with Crippen LogP contribution in [0.1, 0.15) is 27.2 Å². The lowest BCUT2D eigenvalue weighted by Gasteiger charge is -2.14. The molecule has 0 saturated heterocycles. The number of benzene rings is 1. The van der Waals surface area contributed by atoms with Crippen LogP contribution in [0.4, 0.5) is 18.9 Å². The Morgan fingerprint density at radius 3 is 2.58 bits per heavy atom. The van der Waals surface area contributed by atoms with Crippen molar-refractivity contribution < 1.29 is 31.9 Å². The van der Waals surface area contributed by atoms with Crippen molar-refractivity contribution in [2.45, 2.75) is 20.0 Å². The van der Waals surface area contributed by atoms with E-state index in [0.717, 1.165) is 24.3 Å². The van der Waals surface area contributed by atoms with Gasteiger partial charge in [0.15, 0.2) is 6.61 Å². The summed E-state index contributed by atoms with van der Waals surface area (Å²) >= 11 is 0. The van der Waals surface area contributed by atoms with Gasteiger partial charge >= 0.3 is 17.8 Å². The molecule has 162 valence electrons. The maximum Gasteiger partial charge on any atom is 0.416 e. The van der Waals surface area contributed by atoms with E-state index >= 15 is 0 Å². The smallest absolute Gasteiger partial charge is 0.416 e. The maximum atomic E-state index is 13.1. The van der Waals surface area contributed by atoms with E-state index in [0.29, 0.717) is 5.56 Å². The molecule has 0 aliphatic carbocycles. The van der Waals surface area contributed by atoms with E-state index in [9.17, 15) is 27.6 Å². The van der Waals surface area contributed by atoms with Crippen LogP contribution in [0.25, 0.3) is 5.69 Å². The molecule has 0 spiro atoms. The number of anilines is 1. The van der Waals surface area contributed by atoms with Gasteiger partial charge in [0.1, 0.15) is 24.0 Å². The van der Waals surface area contributed by atoms with Crippen LogP contribution in [-0.4, -0.2) is 33.2 Å². The van der Waals surface area contributed by atoms with Crippen molar-refractivity contribution in [3.8, 4) is 5.69 Å². The number of carbonyl (C=O) groups excluding carboxylic acids is 2. The van der Waals surface area contributed by atoms with E-state index in [1.165, 1.54) is 31.2 Å². The third-order valence-electron chi connectivity index (χ3n) is 4.14. The zero-order chi connectivity index (χ0) is 22.8. The molecular formula is C19H15F3N4O5. The molecule has 2 aromatic heterocycles. The summed E-state index contributed by atoms with van der Waals surface area (Å²) in [5.74, 6) is -1.79. The van der Waals surface area contributed by atoms with E-state index in [1.54, 1.807) is 0 Å². The Labute approximate surface area is 172 Å². The van der Waals surface area contributed by atoms with Crippen LogP contribution in [0.15, 0.2) is 46.1 Å². The van der Waals surface area contributed by atoms with Crippen molar-refractivity contribution in [3.05, 3.63) is 69.8 Å². The number of aryl methyl sites for hydroxylation is 2. The summed E-state index contributed by atoms with van der Waals surface area (Å²) in [6.07, 6.45) is -2.22. The van der Waals surface area contributed by atoms with Crippen LogP contribution in [0.5, 0.6) is 0 Å². The first-order chi connectivity index (χ1) is 14.6. The number of carbonyl (C=O) groups is 2. The van der Waals surface area contributed by atoms with Crippen LogP contribution in [0.2, 0.25) is 0 Å². The number of nitrogens with one attached hydrogen (secondary N) is 1. The van der Waals surface area contributed by atoms with Crippen molar-refractivity contribution in [1.82, 2.24) is 14.8 Å². The molecule has 0 saturated carbocycles. The number of aromatic nitrogens is 3. The molecule has 9 nitrogen and oxygen atoms in total. The Morgan fingerprint density at radius 1 is 1.23 bits per heavy atom. The standard InChI is InChI=1S/C19H15F3N4O5/c1-10-5-16(28)31-11(2)17(10)18(29)30-7-15(27)25-13-6-12(19(20,21)22)3-4-14(13)26-9-23-8-24-26/h3-6,8-9H,7H2,1-2H3,(H,25,27). The second-order valence-corrected chi connectivity index (χ2v) is 6.37. The summed E-state index contributed by atoms with van der Waals surface area (Å²) in [6.45, 7) is 2.09. The molecule has 0 aliphatic heterocycles. The fraction of sp³-hybridized carbons (Fsp3) is 0.211. The summed E-state index contributed by atoms with van der Waals surface area (Å²) in [4.78, 5) is 39.6. The van der Waals surface area contributed by atoms with Crippen molar-refractivity contribution in [3.63, 3.8) is 0 Å². The summed E-state index contributed by atoms with van der Waals surface area (Å²) in [5.41, 5.74) is -1.44. The molecule has 1 N–H and O–H groups in total. The molecule has 0 aliphatic rings. The lowest BCUT2D eigenvalue weighted by Crippen LogP contribution is -2.23. The average molecular weight is 436 g/mol. The van der Waals surface area contributed by atoms with Gasteiger partial charge in [-0.2, -0.15) is 18.3 Å². The van der Waals surface area contributed by atoms with E-state index in [2.05, 4.69) is 15.4 Å². The van der Waals surface area contributed by atoms with Gasteiger partial charge in [0.05, 0.1) is 16.9 Å². The number of alkyl halides is 3. The van der Waals surface area contributed by atoms with Gasteiger partial charge in [-0.05, 0) is 37.6 Å². The minimum atomic E-state index is -4.64. The summed E-state index contributed by atoms with van der Waals surface area (Å²) in [5, 5.41) is 6.12. The molecule has 3 aromatic rings. The number of rotatable bonds is 5. The summed E-state index contributed by atoms with van der Waals surface area (Å²) in [7, 11) is 0. The second kappa shape index (κ2) is 8.42. The molecule has 0 unspecified atom stereocenters. The topological polar surface area (TPSA) is 116 Å². The first-order valence-electron chi connectivity index (χ1n) is 8.71. The number of ether oxygens (including phenoxy) is 1. The third kappa shape index (κ3) is 4.97. The normalized spacial score (nSPS) is 11.3. The molecule has 2 heterocycles. The van der Waals surface area contributed by atoms with E-state index in [4.69, 9.17) is 9.15 Å². The van der Waals surface area contributed by atoms with Gasteiger partial charge in [-0.15, -0.1) is 0 Å². The number of hydrogen-bond donors (Lipinski definition) is 1. The maximum absolute atomic E-state index is 13.1. The fourth-order valence-electron chi connectivity index (χ4n) is 2.80. The van der Waals surface area contributed by atoms with Gasteiger partial charge in [0.2, 0.25) is 0 Å². The molecule has 1 aromatic carbocycles. The zero-order valence-corrected chi connectivity index (χ0v) is 16.2. The number of nitrogens with zero attached hydrogens (tertiary/aromatic N) is 3. The molecule has 1 amide bonds. The molecular weight excluding hydrogens is 421 g/mol. The van der Waals surface area contributed by atoms with Crippen LogP contribution >= 0.6 is 0 Å². The first-order valence-corrected chi connectivity index (χ1v) is 8.71. The van der Waals surface area contributed by atoms with Gasteiger partial charge < -0.3 is 14.5 Å². The monoisotopic (exact) mass is 436 g/mol.